The fraction of sp³-hybridized carbons (Fsp3) is 0.286. The van der Waals surface area contributed by atoms with E-state index in [1.54, 1.807) is 18.3 Å². The molecule has 0 spiro atoms. The third-order valence-electron chi connectivity index (χ3n) is 3.21. The summed E-state index contributed by atoms with van der Waals surface area (Å²) in [5.74, 6) is -1.38. The second kappa shape index (κ2) is 6.20. The first-order valence-electron chi connectivity index (χ1n) is 6.72. The standard InChI is InChI=1S/C14H13N3O4S/c18-12(9-4-2-6-21-9)17-14-16-10(11(22-14)13(19)20)8-3-1-5-15-7-8/h1,3,5,7,9H,2,4,6H2,(H,19,20)(H,16,17,18). The molecule has 0 bridgehead atoms. The molecule has 8 heteroatoms. The lowest BCUT2D eigenvalue weighted by Gasteiger charge is -2.07. The van der Waals surface area contributed by atoms with Gasteiger partial charge in [-0.05, 0) is 25.0 Å². The molecular formula is C14H13N3O4S. The van der Waals surface area contributed by atoms with E-state index in [-0.39, 0.29) is 15.9 Å². The highest BCUT2D eigenvalue weighted by Crippen LogP contribution is 2.31. The van der Waals surface area contributed by atoms with Crippen molar-refractivity contribution in [1.82, 2.24) is 9.97 Å². The first-order chi connectivity index (χ1) is 10.6. The van der Waals surface area contributed by atoms with Gasteiger partial charge in [0.1, 0.15) is 11.0 Å². The Bertz CT molecular complexity index is 695. The van der Waals surface area contributed by atoms with Crippen LogP contribution in [-0.2, 0) is 9.53 Å². The normalized spacial score (nSPS) is 17.4. The monoisotopic (exact) mass is 319 g/mol. The Morgan fingerprint density at radius 2 is 2.32 bits per heavy atom. The highest BCUT2D eigenvalue weighted by atomic mass is 32.1. The van der Waals surface area contributed by atoms with Crippen LogP contribution in [0.4, 0.5) is 5.13 Å². The molecule has 1 saturated heterocycles. The number of nitrogens with one attached hydrogen (secondary N) is 1. The first-order valence-corrected chi connectivity index (χ1v) is 7.54. The molecule has 1 fully saturated rings. The van der Waals surface area contributed by atoms with E-state index in [4.69, 9.17) is 4.74 Å². The van der Waals surface area contributed by atoms with Crippen LogP contribution in [0.3, 0.4) is 0 Å². The second-order valence-electron chi connectivity index (χ2n) is 4.73. The van der Waals surface area contributed by atoms with E-state index < -0.39 is 12.1 Å². The molecule has 1 amide bonds. The van der Waals surface area contributed by atoms with Gasteiger partial charge >= 0.3 is 5.97 Å². The number of pyridine rings is 1. The first kappa shape index (κ1) is 14.6. The number of nitrogens with zero attached hydrogens (tertiary/aromatic N) is 2. The number of carbonyl (C=O) groups excluding carboxylic acids is 1. The number of ether oxygens (including phenoxy) is 1. The molecule has 3 rings (SSSR count). The molecule has 1 atom stereocenters. The third-order valence-corrected chi connectivity index (χ3v) is 4.17. The molecule has 2 aromatic rings. The van der Waals surface area contributed by atoms with Crippen LogP contribution in [0.15, 0.2) is 24.5 Å². The fourth-order valence-electron chi connectivity index (χ4n) is 2.19. The molecule has 0 aromatic carbocycles. The number of anilines is 1. The Morgan fingerprint density at radius 1 is 1.45 bits per heavy atom. The van der Waals surface area contributed by atoms with E-state index in [9.17, 15) is 14.7 Å². The average molecular weight is 319 g/mol. The highest BCUT2D eigenvalue weighted by molar-refractivity contribution is 7.18. The summed E-state index contributed by atoms with van der Waals surface area (Å²) >= 11 is 0.924. The number of hydrogen-bond donors (Lipinski definition) is 2. The average Bonchev–Trinajstić information content (AvgIpc) is 3.17. The molecule has 0 aliphatic carbocycles. The summed E-state index contributed by atoms with van der Waals surface area (Å²) in [6, 6.07) is 3.42. The maximum Gasteiger partial charge on any atom is 0.348 e. The van der Waals surface area contributed by atoms with Gasteiger partial charge in [-0.25, -0.2) is 9.78 Å². The maximum absolute atomic E-state index is 12.0. The molecule has 0 saturated carbocycles. The summed E-state index contributed by atoms with van der Waals surface area (Å²) in [6.45, 7) is 0.567. The van der Waals surface area contributed by atoms with Gasteiger partial charge in [0.15, 0.2) is 5.13 Å². The molecule has 2 aromatic heterocycles. The number of aromatic carboxylic acids is 1. The molecule has 1 aliphatic heterocycles. The van der Waals surface area contributed by atoms with Crippen LogP contribution in [0.1, 0.15) is 22.5 Å². The second-order valence-corrected chi connectivity index (χ2v) is 5.73. The van der Waals surface area contributed by atoms with Crippen molar-refractivity contribution in [3.8, 4) is 11.3 Å². The minimum atomic E-state index is -1.09. The van der Waals surface area contributed by atoms with Gasteiger partial charge in [-0.2, -0.15) is 0 Å². The van der Waals surface area contributed by atoms with E-state index in [0.717, 1.165) is 17.8 Å². The van der Waals surface area contributed by atoms with Crippen molar-refractivity contribution in [2.24, 2.45) is 0 Å². The zero-order valence-corrected chi connectivity index (χ0v) is 12.3. The predicted molar refractivity (Wildman–Crippen MR) is 79.9 cm³/mol. The number of carbonyl (C=O) groups is 2. The molecule has 3 heterocycles. The van der Waals surface area contributed by atoms with E-state index in [1.165, 1.54) is 6.20 Å². The third kappa shape index (κ3) is 2.97. The minimum Gasteiger partial charge on any atom is -0.477 e. The van der Waals surface area contributed by atoms with E-state index in [0.29, 0.717) is 24.3 Å². The lowest BCUT2D eigenvalue weighted by Crippen LogP contribution is -2.26. The van der Waals surface area contributed by atoms with Crippen molar-refractivity contribution in [3.63, 3.8) is 0 Å². The van der Waals surface area contributed by atoms with Crippen molar-refractivity contribution >= 4 is 28.3 Å². The fourth-order valence-corrected chi connectivity index (χ4v) is 3.02. The molecule has 22 heavy (non-hydrogen) atoms. The maximum atomic E-state index is 12.0. The number of aromatic nitrogens is 2. The Balaban J connectivity index is 1.87. The van der Waals surface area contributed by atoms with E-state index in [2.05, 4.69) is 15.3 Å². The Labute approximate surface area is 130 Å². The highest BCUT2D eigenvalue weighted by Gasteiger charge is 2.26. The van der Waals surface area contributed by atoms with Gasteiger partial charge in [0.05, 0.1) is 5.69 Å². The van der Waals surface area contributed by atoms with Gasteiger partial charge in [0.25, 0.3) is 5.91 Å². The Kier molecular flexibility index (Phi) is 4.12. The van der Waals surface area contributed by atoms with Crippen molar-refractivity contribution in [2.45, 2.75) is 18.9 Å². The van der Waals surface area contributed by atoms with Crippen LogP contribution in [-0.4, -0.2) is 39.7 Å². The van der Waals surface area contributed by atoms with Crippen LogP contribution in [0.2, 0.25) is 0 Å². The van der Waals surface area contributed by atoms with Crippen LogP contribution >= 0.6 is 11.3 Å². The summed E-state index contributed by atoms with van der Waals surface area (Å²) in [6.07, 6.45) is 4.15. The van der Waals surface area contributed by atoms with Gasteiger partial charge < -0.3 is 9.84 Å². The lowest BCUT2D eigenvalue weighted by molar-refractivity contribution is -0.124. The summed E-state index contributed by atoms with van der Waals surface area (Å²) in [4.78, 5) is 31.6. The van der Waals surface area contributed by atoms with Gasteiger partial charge in [0.2, 0.25) is 0 Å². The molecule has 1 unspecified atom stereocenters. The van der Waals surface area contributed by atoms with Crippen LogP contribution in [0, 0.1) is 0 Å². The Hall–Kier alpha value is -2.32. The van der Waals surface area contributed by atoms with Gasteiger partial charge in [-0.15, -0.1) is 0 Å². The van der Waals surface area contributed by atoms with Gasteiger partial charge in [-0.1, -0.05) is 11.3 Å². The SMILES string of the molecule is O=C(O)c1sc(NC(=O)C2CCCO2)nc1-c1cccnc1. The lowest BCUT2D eigenvalue weighted by atomic mass is 10.2. The van der Waals surface area contributed by atoms with E-state index in [1.807, 2.05) is 0 Å². The number of carboxylic acids is 1. The minimum absolute atomic E-state index is 0.0654. The van der Waals surface area contributed by atoms with Crippen molar-refractivity contribution in [2.75, 3.05) is 11.9 Å². The summed E-state index contributed by atoms with van der Waals surface area (Å²) in [7, 11) is 0. The van der Waals surface area contributed by atoms with Crippen LogP contribution < -0.4 is 5.32 Å². The van der Waals surface area contributed by atoms with E-state index >= 15 is 0 Å². The van der Waals surface area contributed by atoms with Crippen molar-refractivity contribution < 1.29 is 19.4 Å². The quantitative estimate of drug-likeness (QED) is 0.894. The Morgan fingerprint density at radius 3 is 2.95 bits per heavy atom. The molecular weight excluding hydrogens is 306 g/mol. The van der Waals surface area contributed by atoms with Crippen molar-refractivity contribution in [1.29, 1.82) is 0 Å². The summed E-state index contributed by atoms with van der Waals surface area (Å²) < 4.78 is 5.29. The molecule has 1 aliphatic rings. The number of amides is 1. The smallest absolute Gasteiger partial charge is 0.348 e. The number of thiazole rings is 1. The molecule has 0 radical (unpaired) electrons. The zero-order chi connectivity index (χ0) is 15.5. The predicted octanol–water partition coefficient (Wildman–Crippen LogP) is 2.02. The molecule has 114 valence electrons. The van der Waals surface area contributed by atoms with Crippen LogP contribution in [0.5, 0.6) is 0 Å². The number of carboxylic acid groups (broad SMARTS) is 1. The summed E-state index contributed by atoms with van der Waals surface area (Å²) in [5.41, 5.74) is 0.891. The topological polar surface area (TPSA) is 101 Å². The number of hydrogen-bond acceptors (Lipinski definition) is 6. The van der Waals surface area contributed by atoms with Gasteiger partial charge in [0, 0.05) is 24.6 Å². The summed E-state index contributed by atoms with van der Waals surface area (Å²) in [5, 5.41) is 12.2. The van der Waals surface area contributed by atoms with Crippen LogP contribution in [0.25, 0.3) is 11.3 Å². The number of rotatable bonds is 4. The largest absolute Gasteiger partial charge is 0.477 e. The molecule has 2 N–H and O–H groups in total. The van der Waals surface area contributed by atoms with Crippen molar-refractivity contribution in [3.05, 3.63) is 29.4 Å². The zero-order valence-electron chi connectivity index (χ0n) is 11.5. The molecule has 7 nitrogen and oxygen atoms in total. The van der Waals surface area contributed by atoms with Gasteiger partial charge in [-0.3, -0.25) is 15.1 Å².